The molecule has 1 aliphatic rings. The fourth-order valence-corrected chi connectivity index (χ4v) is 4.12. The molecule has 0 aliphatic carbocycles. The third-order valence-corrected chi connectivity index (χ3v) is 5.84. The van der Waals surface area contributed by atoms with E-state index in [1.165, 1.54) is 6.20 Å². The van der Waals surface area contributed by atoms with Crippen molar-refractivity contribution in [2.75, 3.05) is 25.0 Å². The van der Waals surface area contributed by atoms with E-state index in [-0.39, 0.29) is 0 Å². The summed E-state index contributed by atoms with van der Waals surface area (Å²) in [6, 6.07) is 3.39. The van der Waals surface area contributed by atoms with E-state index in [2.05, 4.69) is 24.1 Å². The molecule has 21 heavy (non-hydrogen) atoms. The Balaban J connectivity index is 2.11. The van der Waals surface area contributed by atoms with E-state index in [0.717, 1.165) is 38.0 Å². The first kappa shape index (κ1) is 16.2. The number of pyridine rings is 1. The predicted molar refractivity (Wildman–Crippen MR) is 84.8 cm³/mol. The molecule has 0 amide bonds. The zero-order chi connectivity index (χ0) is 15.3. The lowest BCUT2D eigenvalue weighted by Crippen LogP contribution is -2.39. The van der Waals surface area contributed by atoms with Crippen LogP contribution in [-0.4, -0.2) is 37.3 Å². The van der Waals surface area contributed by atoms with Crippen LogP contribution in [0.25, 0.3) is 0 Å². The smallest absolute Gasteiger partial charge is 0.244 e. The Bertz CT molecular complexity index is 543. The maximum absolute atomic E-state index is 12.6. The number of hydrogen-bond acceptors (Lipinski definition) is 4. The van der Waals surface area contributed by atoms with E-state index in [1.54, 1.807) is 16.4 Å². The zero-order valence-corrected chi connectivity index (χ0v) is 13.7. The van der Waals surface area contributed by atoms with E-state index in [1.807, 2.05) is 0 Å². The molecule has 0 bridgehead atoms. The number of aromatic nitrogens is 1. The first-order valence-corrected chi connectivity index (χ1v) is 9.22. The van der Waals surface area contributed by atoms with Crippen molar-refractivity contribution in [3.8, 4) is 0 Å². The van der Waals surface area contributed by atoms with Crippen LogP contribution in [0.4, 0.5) is 5.82 Å². The van der Waals surface area contributed by atoms with Crippen LogP contribution in [0.3, 0.4) is 0 Å². The maximum Gasteiger partial charge on any atom is 0.244 e. The summed E-state index contributed by atoms with van der Waals surface area (Å²) < 4.78 is 26.9. The molecule has 1 atom stereocenters. The molecular weight excluding hydrogens is 286 g/mol. The maximum atomic E-state index is 12.6. The van der Waals surface area contributed by atoms with Crippen LogP contribution in [0.1, 0.15) is 39.5 Å². The molecule has 2 rings (SSSR count). The van der Waals surface area contributed by atoms with Gasteiger partial charge in [0.25, 0.3) is 0 Å². The van der Waals surface area contributed by atoms with Gasteiger partial charge in [0.05, 0.1) is 0 Å². The SMILES string of the molecule is CCCNc1ccc(S(=O)(=O)N2CCCC(CC)C2)cn1. The van der Waals surface area contributed by atoms with Gasteiger partial charge in [-0.25, -0.2) is 13.4 Å². The second-order valence-corrected chi connectivity index (χ2v) is 7.52. The van der Waals surface area contributed by atoms with Crippen LogP contribution in [0.5, 0.6) is 0 Å². The van der Waals surface area contributed by atoms with Gasteiger partial charge in [0.15, 0.2) is 0 Å². The summed E-state index contributed by atoms with van der Waals surface area (Å²) in [6.07, 6.45) is 5.57. The summed E-state index contributed by atoms with van der Waals surface area (Å²) in [5.41, 5.74) is 0. The van der Waals surface area contributed by atoms with Gasteiger partial charge in [-0.05, 0) is 37.3 Å². The Morgan fingerprint density at radius 3 is 2.81 bits per heavy atom. The molecule has 0 aromatic carbocycles. The predicted octanol–water partition coefficient (Wildman–Crippen LogP) is 2.71. The van der Waals surface area contributed by atoms with Gasteiger partial charge < -0.3 is 5.32 Å². The molecule has 1 N–H and O–H groups in total. The minimum Gasteiger partial charge on any atom is -0.370 e. The average molecular weight is 311 g/mol. The van der Waals surface area contributed by atoms with Crippen LogP contribution in [0.15, 0.2) is 23.2 Å². The van der Waals surface area contributed by atoms with Gasteiger partial charge in [0, 0.05) is 25.8 Å². The quantitative estimate of drug-likeness (QED) is 0.877. The molecule has 6 heteroatoms. The van der Waals surface area contributed by atoms with E-state index in [0.29, 0.717) is 23.9 Å². The highest BCUT2D eigenvalue weighted by atomic mass is 32.2. The topological polar surface area (TPSA) is 62.3 Å². The molecule has 1 saturated heterocycles. The molecule has 1 fully saturated rings. The first-order chi connectivity index (χ1) is 10.1. The lowest BCUT2D eigenvalue weighted by atomic mass is 9.97. The Morgan fingerprint density at radius 2 is 2.19 bits per heavy atom. The lowest BCUT2D eigenvalue weighted by Gasteiger charge is -2.31. The van der Waals surface area contributed by atoms with E-state index < -0.39 is 10.0 Å². The van der Waals surface area contributed by atoms with Crippen molar-refractivity contribution >= 4 is 15.8 Å². The normalized spacial score (nSPS) is 20.4. The van der Waals surface area contributed by atoms with Crippen molar-refractivity contribution in [2.45, 2.75) is 44.4 Å². The van der Waals surface area contributed by atoms with Crippen molar-refractivity contribution in [1.29, 1.82) is 0 Å². The molecule has 0 saturated carbocycles. The Kier molecular flexibility index (Phi) is 5.58. The fourth-order valence-electron chi connectivity index (χ4n) is 2.62. The first-order valence-electron chi connectivity index (χ1n) is 7.78. The standard InChI is InChI=1S/C15H25N3O2S/c1-3-9-16-15-8-7-14(11-17-15)21(19,20)18-10-5-6-13(4-2)12-18/h7-8,11,13H,3-6,9-10,12H2,1-2H3,(H,16,17). The van der Waals surface area contributed by atoms with Gasteiger partial charge in [-0.15, -0.1) is 0 Å². The largest absolute Gasteiger partial charge is 0.370 e. The minimum atomic E-state index is -3.40. The van der Waals surface area contributed by atoms with Crippen molar-refractivity contribution in [3.63, 3.8) is 0 Å². The second-order valence-electron chi connectivity index (χ2n) is 5.59. The number of sulfonamides is 1. The lowest BCUT2D eigenvalue weighted by molar-refractivity contribution is 0.261. The van der Waals surface area contributed by atoms with Crippen LogP contribution in [0.2, 0.25) is 0 Å². The van der Waals surface area contributed by atoms with E-state index >= 15 is 0 Å². The Labute approximate surface area is 127 Å². The van der Waals surface area contributed by atoms with Gasteiger partial charge in [-0.1, -0.05) is 20.3 Å². The molecular formula is C15H25N3O2S. The van der Waals surface area contributed by atoms with Crippen LogP contribution in [-0.2, 0) is 10.0 Å². The molecule has 5 nitrogen and oxygen atoms in total. The van der Waals surface area contributed by atoms with Crippen molar-refractivity contribution < 1.29 is 8.42 Å². The highest BCUT2D eigenvalue weighted by molar-refractivity contribution is 7.89. The van der Waals surface area contributed by atoms with Crippen LogP contribution in [0, 0.1) is 5.92 Å². The van der Waals surface area contributed by atoms with Gasteiger partial charge >= 0.3 is 0 Å². The number of hydrogen-bond donors (Lipinski definition) is 1. The van der Waals surface area contributed by atoms with E-state index in [9.17, 15) is 8.42 Å². The minimum absolute atomic E-state index is 0.293. The summed E-state index contributed by atoms with van der Waals surface area (Å²) in [7, 11) is -3.40. The highest BCUT2D eigenvalue weighted by Crippen LogP contribution is 2.25. The van der Waals surface area contributed by atoms with Crippen LogP contribution >= 0.6 is 0 Å². The van der Waals surface area contributed by atoms with Gasteiger partial charge in [0.1, 0.15) is 10.7 Å². The van der Waals surface area contributed by atoms with E-state index in [4.69, 9.17) is 0 Å². The van der Waals surface area contributed by atoms with Crippen molar-refractivity contribution in [2.24, 2.45) is 5.92 Å². The molecule has 1 aromatic rings. The number of nitrogens with one attached hydrogen (secondary N) is 1. The summed E-state index contributed by atoms with van der Waals surface area (Å²) >= 11 is 0. The molecule has 1 unspecified atom stereocenters. The molecule has 1 aliphatic heterocycles. The monoisotopic (exact) mass is 311 g/mol. The molecule has 1 aromatic heterocycles. The second kappa shape index (κ2) is 7.22. The number of piperidine rings is 1. The molecule has 2 heterocycles. The summed E-state index contributed by atoms with van der Waals surface area (Å²) in [5.74, 6) is 1.20. The summed E-state index contributed by atoms with van der Waals surface area (Å²) in [5, 5.41) is 3.15. The van der Waals surface area contributed by atoms with Crippen molar-refractivity contribution in [3.05, 3.63) is 18.3 Å². The Hall–Kier alpha value is -1.14. The Morgan fingerprint density at radius 1 is 1.38 bits per heavy atom. The third-order valence-electron chi connectivity index (χ3n) is 3.99. The summed E-state index contributed by atoms with van der Waals surface area (Å²) in [6.45, 7) is 6.29. The zero-order valence-electron chi connectivity index (χ0n) is 12.9. The van der Waals surface area contributed by atoms with Crippen molar-refractivity contribution in [1.82, 2.24) is 9.29 Å². The number of rotatable bonds is 6. The molecule has 0 spiro atoms. The highest BCUT2D eigenvalue weighted by Gasteiger charge is 2.29. The van der Waals surface area contributed by atoms with Gasteiger partial charge in [0.2, 0.25) is 10.0 Å². The molecule has 0 radical (unpaired) electrons. The number of nitrogens with zero attached hydrogens (tertiary/aromatic N) is 2. The number of anilines is 1. The summed E-state index contributed by atoms with van der Waals surface area (Å²) in [4.78, 5) is 4.49. The van der Waals surface area contributed by atoms with Crippen LogP contribution < -0.4 is 5.32 Å². The average Bonchev–Trinajstić information content (AvgIpc) is 2.53. The fraction of sp³-hybridized carbons (Fsp3) is 0.667. The molecule has 118 valence electrons. The van der Waals surface area contributed by atoms with Gasteiger partial charge in [-0.3, -0.25) is 0 Å². The van der Waals surface area contributed by atoms with Gasteiger partial charge in [-0.2, -0.15) is 4.31 Å². The third kappa shape index (κ3) is 3.95.